The largest absolute Gasteiger partial charge is 0.386 e. The van der Waals surface area contributed by atoms with Gasteiger partial charge in [0.2, 0.25) is 11.8 Å². The molecule has 0 aliphatic carbocycles. The van der Waals surface area contributed by atoms with E-state index >= 15 is 0 Å². The molecule has 0 atom stereocenters. The Labute approximate surface area is 88.4 Å². The highest BCUT2D eigenvalue weighted by molar-refractivity contribution is 5.86. The molecule has 2 amide bonds. The third kappa shape index (κ3) is 2.90. The van der Waals surface area contributed by atoms with Crippen molar-refractivity contribution in [3.05, 3.63) is 0 Å². The van der Waals surface area contributed by atoms with Gasteiger partial charge in [-0.25, -0.2) is 0 Å². The van der Waals surface area contributed by atoms with Gasteiger partial charge in [-0.3, -0.25) is 9.59 Å². The quantitative estimate of drug-likeness (QED) is 0.507. The fourth-order valence-electron chi connectivity index (χ4n) is 1.42. The first-order valence-corrected chi connectivity index (χ1v) is 4.97. The summed E-state index contributed by atoms with van der Waals surface area (Å²) in [5.74, 6) is -0.537. The zero-order valence-corrected chi connectivity index (χ0v) is 8.82. The molecule has 0 unspecified atom stereocenters. The molecule has 0 spiro atoms. The van der Waals surface area contributed by atoms with Crippen molar-refractivity contribution in [2.45, 2.75) is 18.9 Å². The van der Waals surface area contributed by atoms with Gasteiger partial charge in [0.1, 0.15) is 0 Å². The first kappa shape index (κ1) is 11.9. The Morgan fingerprint density at radius 1 is 1.53 bits per heavy atom. The van der Waals surface area contributed by atoms with Gasteiger partial charge in [0, 0.05) is 0 Å². The van der Waals surface area contributed by atoms with E-state index in [1.165, 1.54) is 4.90 Å². The van der Waals surface area contributed by atoms with Gasteiger partial charge in [0.05, 0.1) is 31.8 Å². The molecular weight excluding hydrogens is 198 g/mol. The lowest BCUT2D eigenvalue weighted by Crippen LogP contribution is -2.64. The van der Waals surface area contributed by atoms with Gasteiger partial charge in [-0.1, -0.05) is 6.92 Å². The van der Waals surface area contributed by atoms with Crippen LogP contribution in [-0.2, 0) is 9.59 Å². The van der Waals surface area contributed by atoms with Crippen molar-refractivity contribution in [2.75, 3.05) is 26.2 Å². The van der Waals surface area contributed by atoms with Crippen LogP contribution in [0.4, 0.5) is 0 Å². The zero-order valence-electron chi connectivity index (χ0n) is 8.82. The molecular formula is C9H17N3O3. The summed E-state index contributed by atoms with van der Waals surface area (Å²) in [7, 11) is 0. The van der Waals surface area contributed by atoms with Gasteiger partial charge in [-0.15, -0.1) is 0 Å². The predicted molar refractivity (Wildman–Crippen MR) is 53.9 cm³/mol. The molecule has 6 nitrogen and oxygen atoms in total. The van der Waals surface area contributed by atoms with E-state index in [4.69, 9.17) is 5.73 Å². The molecule has 4 N–H and O–H groups in total. The summed E-state index contributed by atoms with van der Waals surface area (Å²) >= 11 is 0. The summed E-state index contributed by atoms with van der Waals surface area (Å²) in [5, 5.41) is 12.1. The summed E-state index contributed by atoms with van der Waals surface area (Å²) in [5.41, 5.74) is 4.34. The van der Waals surface area contributed by atoms with Crippen LogP contribution < -0.4 is 11.1 Å². The number of likely N-dealkylation sites (tertiary alicyclic amines) is 1. The van der Waals surface area contributed by atoms with Gasteiger partial charge in [0.25, 0.3) is 0 Å². The van der Waals surface area contributed by atoms with E-state index in [-0.39, 0.29) is 24.9 Å². The number of carbonyl (C=O) groups excluding carboxylic acids is 2. The number of β-amino-alcohol motifs (C(OH)–C–C–N with tert-alkyl or cyclic N) is 1. The van der Waals surface area contributed by atoms with Crippen molar-refractivity contribution in [2.24, 2.45) is 5.73 Å². The highest BCUT2D eigenvalue weighted by Crippen LogP contribution is 2.23. The van der Waals surface area contributed by atoms with Crippen molar-refractivity contribution in [3.63, 3.8) is 0 Å². The van der Waals surface area contributed by atoms with E-state index in [1.807, 2.05) is 6.92 Å². The second-order valence-electron chi connectivity index (χ2n) is 3.81. The normalized spacial score (nSPS) is 18.2. The highest BCUT2D eigenvalue weighted by atomic mass is 16.3. The summed E-state index contributed by atoms with van der Waals surface area (Å²) in [6, 6.07) is 0. The molecule has 1 saturated heterocycles. The molecule has 6 heteroatoms. The Morgan fingerprint density at radius 2 is 2.13 bits per heavy atom. The van der Waals surface area contributed by atoms with Gasteiger partial charge in [0.15, 0.2) is 0 Å². The molecule has 1 heterocycles. The molecule has 86 valence electrons. The maximum Gasteiger partial charge on any atom is 0.242 e. The molecule has 1 aliphatic heterocycles. The average molecular weight is 215 g/mol. The van der Waals surface area contributed by atoms with Crippen LogP contribution in [0.25, 0.3) is 0 Å². The van der Waals surface area contributed by atoms with Gasteiger partial charge < -0.3 is 21.1 Å². The summed E-state index contributed by atoms with van der Waals surface area (Å²) in [6.07, 6.45) is 0.631. The Balaban J connectivity index is 2.24. The average Bonchev–Trinajstić information content (AvgIpc) is 2.20. The first-order chi connectivity index (χ1) is 7.00. The van der Waals surface area contributed by atoms with Gasteiger partial charge in [-0.05, 0) is 6.42 Å². The predicted octanol–water partition coefficient (Wildman–Crippen LogP) is -1.96. The van der Waals surface area contributed by atoms with Crippen LogP contribution in [0.2, 0.25) is 0 Å². The van der Waals surface area contributed by atoms with E-state index in [0.29, 0.717) is 19.5 Å². The summed E-state index contributed by atoms with van der Waals surface area (Å²) < 4.78 is 0. The van der Waals surface area contributed by atoms with Gasteiger partial charge >= 0.3 is 0 Å². The number of hydrogen-bond donors (Lipinski definition) is 3. The number of rotatable bonds is 4. The van der Waals surface area contributed by atoms with Crippen LogP contribution in [0.1, 0.15) is 13.3 Å². The molecule has 1 fully saturated rings. The van der Waals surface area contributed by atoms with E-state index < -0.39 is 5.60 Å². The Bertz CT molecular complexity index is 261. The third-order valence-electron chi connectivity index (χ3n) is 2.60. The number of amides is 2. The molecule has 0 aromatic carbocycles. The second kappa shape index (κ2) is 4.59. The van der Waals surface area contributed by atoms with Crippen LogP contribution in [0.3, 0.4) is 0 Å². The number of hydrogen-bond acceptors (Lipinski definition) is 4. The molecule has 0 aromatic heterocycles. The second-order valence-corrected chi connectivity index (χ2v) is 3.81. The van der Waals surface area contributed by atoms with Crippen LogP contribution in [0.5, 0.6) is 0 Å². The number of nitrogens with zero attached hydrogens (tertiary/aromatic N) is 1. The first-order valence-electron chi connectivity index (χ1n) is 4.97. The number of nitrogens with two attached hydrogens (primary N) is 1. The minimum absolute atomic E-state index is 0.0458. The van der Waals surface area contributed by atoms with Crippen LogP contribution >= 0.6 is 0 Å². The van der Waals surface area contributed by atoms with E-state index in [9.17, 15) is 14.7 Å². The minimum Gasteiger partial charge on any atom is -0.386 e. The van der Waals surface area contributed by atoms with Crippen molar-refractivity contribution in [1.82, 2.24) is 10.2 Å². The molecule has 0 radical (unpaired) electrons. The zero-order chi connectivity index (χ0) is 11.5. The van der Waals surface area contributed by atoms with Crippen molar-refractivity contribution in [1.29, 1.82) is 0 Å². The fraction of sp³-hybridized carbons (Fsp3) is 0.778. The monoisotopic (exact) mass is 215 g/mol. The Kier molecular flexibility index (Phi) is 3.65. The maximum atomic E-state index is 11.4. The van der Waals surface area contributed by atoms with Crippen LogP contribution in [-0.4, -0.2) is 53.6 Å². The fourth-order valence-corrected chi connectivity index (χ4v) is 1.42. The van der Waals surface area contributed by atoms with E-state index in [2.05, 4.69) is 5.32 Å². The van der Waals surface area contributed by atoms with Crippen molar-refractivity contribution < 1.29 is 14.7 Å². The standard InChI is InChI=1S/C9H17N3O3/c1-2-9(15)5-12(6-9)8(14)4-11-7(13)3-10/h15H,2-6,10H2,1H3,(H,11,13). The summed E-state index contributed by atoms with van der Waals surface area (Å²) in [4.78, 5) is 23.7. The molecule has 1 aliphatic rings. The highest BCUT2D eigenvalue weighted by Gasteiger charge is 2.41. The van der Waals surface area contributed by atoms with E-state index in [1.54, 1.807) is 0 Å². The lowest BCUT2D eigenvalue weighted by molar-refractivity contribution is -0.155. The van der Waals surface area contributed by atoms with Crippen LogP contribution in [0, 0.1) is 0 Å². The lowest BCUT2D eigenvalue weighted by atomic mass is 9.91. The third-order valence-corrected chi connectivity index (χ3v) is 2.60. The topological polar surface area (TPSA) is 95.7 Å². The van der Waals surface area contributed by atoms with E-state index in [0.717, 1.165) is 0 Å². The minimum atomic E-state index is -0.729. The number of aliphatic hydroxyl groups is 1. The van der Waals surface area contributed by atoms with Gasteiger partial charge in [-0.2, -0.15) is 0 Å². The molecule has 0 saturated carbocycles. The molecule has 0 bridgehead atoms. The van der Waals surface area contributed by atoms with Crippen LogP contribution in [0.15, 0.2) is 0 Å². The number of nitrogens with one attached hydrogen (secondary N) is 1. The maximum absolute atomic E-state index is 11.4. The molecule has 15 heavy (non-hydrogen) atoms. The van der Waals surface area contributed by atoms with Crippen molar-refractivity contribution in [3.8, 4) is 0 Å². The lowest BCUT2D eigenvalue weighted by Gasteiger charge is -2.46. The summed E-state index contributed by atoms with van der Waals surface area (Å²) in [6.45, 7) is 2.40. The Morgan fingerprint density at radius 3 is 2.60 bits per heavy atom. The molecule has 0 aromatic rings. The SMILES string of the molecule is CCC1(O)CN(C(=O)CNC(=O)CN)C1. The Hall–Kier alpha value is -1.14. The smallest absolute Gasteiger partial charge is 0.242 e. The molecule has 1 rings (SSSR count). The number of carbonyl (C=O) groups is 2. The van der Waals surface area contributed by atoms with Crippen molar-refractivity contribution >= 4 is 11.8 Å².